The summed E-state index contributed by atoms with van der Waals surface area (Å²) < 4.78 is 1.67. The van der Waals surface area contributed by atoms with Crippen molar-refractivity contribution in [3.8, 4) is 0 Å². The molecule has 0 spiro atoms. The quantitative estimate of drug-likeness (QED) is 0.756. The molecule has 2 heterocycles. The van der Waals surface area contributed by atoms with E-state index in [1.165, 1.54) is 28.1 Å². The summed E-state index contributed by atoms with van der Waals surface area (Å²) in [5.41, 5.74) is -0.00675. The molecule has 0 aliphatic rings. The van der Waals surface area contributed by atoms with E-state index >= 15 is 0 Å². The van der Waals surface area contributed by atoms with Crippen molar-refractivity contribution >= 4 is 66.4 Å². The van der Waals surface area contributed by atoms with Gasteiger partial charge in [0, 0.05) is 9.85 Å². The number of thiophene rings is 1. The zero-order valence-electron chi connectivity index (χ0n) is 10.0. The molecule has 5 nitrogen and oxygen atoms in total. The molecule has 20 heavy (non-hydrogen) atoms. The van der Waals surface area contributed by atoms with Gasteiger partial charge in [0.05, 0.1) is 14.7 Å². The van der Waals surface area contributed by atoms with Crippen LogP contribution < -0.4 is 5.32 Å². The van der Waals surface area contributed by atoms with Crippen LogP contribution in [0.4, 0.5) is 0 Å². The third kappa shape index (κ3) is 3.46. The van der Waals surface area contributed by atoms with Crippen LogP contribution in [0.5, 0.6) is 0 Å². The number of hydrogen-bond donors (Lipinski definition) is 2. The predicted molar refractivity (Wildman–Crippen MR) is 84.7 cm³/mol. The van der Waals surface area contributed by atoms with Crippen LogP contribution in [0.25, 0.3) is 0 Å². The fraction of sp³-hybridized carbons (Fsp3) is 0.182. The fourth-order valence-corrected chi connectivity index (χ4v) is 4.11. The molecular weight excluding hydrogens is 432 g/mol. The molecule has 1 amide bonds. The highest BCUT2D eigenvalue weighted by molar-refractivity contribution is 9.13. The zero-order valence-corrected chi connectivity index (χ0v) is 14.8. The first-order valence-corrected chi connectivity index (χ1v) is 8.61. The van der Waals surface area contributed by atoms with E-state index in [9.17, 15) is 9.59 Å². The number of hydrogen-bond acceptors (Lipinski definition) is 5. The molecule has 0 saturated carbocycles. The molecule has 0 aromatic carbocycles. The number of aromatic carboxylic acids is 1. The Kier molecular flexibility index (Phi) is 4.95. The van der Waals surface area contributed by atoms with Crippen molar-refractivity contribution in [1.82, 2.24) is 10.3 Å². The van der Waals surface area contributed by atoms with E-state index in [1.54, 1.807) is 13.0 Å². The number of carbonyl (C=O) groups excluding carboxylic acids is 1. The number of carboxylic acid groups (broad SMARTS) is 1. The summed E-state index contributed by atoms with van der Waals surface area (Å²) in [6, 6.07) is 1.38. The van der Waals surface area contributed by atoms with Crippen LogP contribution in [0, 0.1) is 0 Å². The Balaban J connectivity index is 2.08. The van der Waals surface area contributed by atoms with Gasteiger partial charge in [0.25, 0.3) is 5.91 Å². The van der Waals surface area contributed by atoms with Crippen molar-refractivity contribution in [3.05, 3.63) is 35.3 Å². The fourth-order valence-electron chi connectivity index (χ4n) is 1.37. The van der Waals surface area contributed by atoms with Gasteiger partial charge in [-0.1, -0.05) is 0 Å². The minimum absolute atomic E-state index is 0.00675. The molecule has 0 bridgehead atoms. The Morgan fingerprint density at radius 1 is 1.45 bits per heavy atom. The number of carboxylic acids is 1. The molecule has 0 radical (unpaired) electrons. The number of rotatable bonds is 4. The second-order valence-corrected chi connectivity index (χ2v) is 7.92. The highest BCUT2D eigenvalue weighted by Gasteiger charge is 2.18. The summed E-state index contributed by atoms with van der Waals surface area (Å²) in [4.78, 5) is 27.4. The van der Waals surface area contributed by atoms with E-state index in [0.29, 0.717) is 9.88 Å². The van der Waals surface area contributed by atoms with Gasteiger partial charge in [-0.2, -0.15) is 0 Å². The lowest BCUT2D eigenvalue weighted by atomic mass is 10.3. The van der Waals surface area contributed by atoms with Gasteiger partial charge in [-0.05, 0) is 44.8 Å². The first kappa shape index (κ1) is 15.6. The van der Waals surface area contributed by atoms with Crippen molar-refractivity contribution in [1.29, 1.82) is 0 Å². The average Bonchev–Trinajstić information content (AvgIpc) is 2.97. The molecule has 106 valence electrons. The molecule has 2 aromatic heterocycles. The van der Waals surface area contributed by atoms with Gasteiger partial charge in [-0.15, -0.1) is 22.7 Å². The number of halogens is 2. The summed E-state index contributed by atoms with van der Waals surface area (Å²) in [5, 5.41) is 13.6. The van der Waals surface area contributed by atoms with Crippen LogP contribution in [0.3, 0.4) is 0 Å². The lowest BCUT2D eigenvalue weighted by Crippen LogP contribution is -2.25. The average molecular weight is 440 g/mol. The van der Waals surface area contributed by atoms with Gasteiger partial charge in [0.2, 0.25) is 0 Å². The maximum absolute atomic E-state index is 12.1. The molecule has 9 heteroatoms. The van der Waals surface area contributed by atoms with E-state index in [-0.39, 0.29) is 17.6 Å². The van der Waals surface area contributed by atoms with Crippen molar-refractivity contribution in [2.24, 2.45) is 0 Å². The van der Waals surface area contributed by atoms with Crippen molar-refractivity contribution in [3.63, 3.8) is 0 Å². The lowest BCUT2D eigenvalue weighted by molar-refractivity contribution is 0.0691. The largest absolute Gasteiger partial charge is 0.476 e. The summed E-state index contributed by atoms with van der Waals surface area (Å²) in [7, 11) is 0. The number of thiazole rings is 1. The van der Waals surface area contributed by atoms with Gasteiger partial charge < -0.3 is 10.4 Å². The van der Waals surface area contributed by atoms with Gasteiger partial charge in [-0.25, -0.2) is 9.78 Å². The van der Waals surface area contributed by atoms with E-state index in [1.807, 2.05) is 0 Å². The first-order chi connectivity index (χ1) is 9.38. The highest BCUT2D eigenvalue weighted by Crippen LogP contribution is 2.32. The SMILES string of the molecule is CC(NC(=O)c1cc(Br)c(Br)s1)c1nc(C(=O)O)cs1. The number of nitrogens with zero attached hydrogens (tertiary/aromatic N) is 1. The van der Waals surface area contributed by atoms with Crippen LogP contribution in [0.15, 0.2) is 19.7 Å². The van der Waals surface area contributed by atoms with Gasteiger partial charge >= 0.3 is 5.97 Å². The van der Waals surface area contributed by atoms with E-state index in [4.69, 9.17) is 5.11 Å². The molecule has 0 fully saturated rings. The third-order valence-electron chi connectivity index (χ3n) is 2.33. The van der Waals surface area contributed by atoms with Crippen molar-refractivity contribution in [2.45, 2.75) is 13.0 Å². The predicted octanol–water partition coefficient (Wildman–Crippen LogP) is 3.92. The van der Waals surface area contributed by atoms with Crippen LogP contribution in [0.1, 0.15) is 38.1 Å². The highest BCUT2D eigenvalue weighted by atomic mass is 79.9. The Hall–Kier alpha value is -0.770. The number of nitrogens with one attached hydrogen (secondary N) is 1. The second kappa shape index (κ2) is 6.33. The lowest BCUT2D eigenvalue weighted by Gasteiger charge is -2.09. The van der Waals surface area contributed by atoms with Crippen molar-refractivity contribution in [2.75, 3.05) is 0 Å². The first-order valence-electron chi connectivity index (χ1n) is 5.33. The Labute approximate surface area is 139 Å². The van der Waals surface area contributed by atoms with E-state index in [0.717, 1.165) is 8.26 Å². The maximum atomic E-state index is 12.1. The van der Waals surface area contributed by atoms with E-state index in [2.05, 4.69) is 42.2 Å². The standard InChI is InChI=1S/C11H8Br2N2O3S2/c1-4(10-15-6(3-19-10)11(17)18)14-9(16)7-2-5(12)8(13)20-7/h2-4H,1H3,(H,14,16)(H,17,18). The molecule has 2 aromatic rings. The van der Waals surface area contributed by atoms with Crippen LogP contribution >= 0.6 is 54.5 Å². The molecule has 0 saturated heterocycles. The normalized spacial score (nSPS) is 12.2. The number of amides is 1. The molecule has 0 aliphatic heterocycles. The van der Waals surface area contributed by atoms with Crippen LogP contribution in [0.2, 0.25) is 0 Å². The molecule has 2 N–H and O–H groups in total. The summed E-state index contributed by atoms with van der Waals surface area (Å²) in [5.74, 6) is -1.29. The third-order valence-corrected chi connectivity index (χ3v) is 6.61. The second-order valence-electron chi connectivity index (χ2n) is 3.80. The van der Waals surface area contributed by atoms with Gasteiger partial charge in [0.1, 0.15) is 5.01 Å². The molecule has 0 aliphatic carbocycles. The van der Waals surface area contributed by atoms with Crippen molar-refractivity contribution < 1.29 is 14.7 Å². The number of aromatic nitrogens is 1. The molecule has 1 atom stereocenters. The molecule has 1 unspecified atom stereocenters. The Morgan fingerprint density at radius 3 is 2.65 bits per heavy atom. The monoisotopic (exact) mass is 438 g/mol. The summed E-state index contributed by atoms with van der Waals surface area (Å²) in [6.45, 7) is 1.76. The summed E-state index contributed by atoms with van der Waals surface area (Å²) in [6.07, 6.45) is 0. The minimum Gasteiger partial charge on any atom is -0.476 e. The Bertz CT molecular complexity index is 649. The van der Waals surface area contributed by atoms with Crippen LogP contribution in [-0.2, 0) is 0 Å². The maximum Gasteiger partial charge on any atom is 0.355 e. The number of carbonyl (C=O) groups is 2. The smallest absolute Gasteiger partial charge is 0.355 e. The topological polar surface area (TPSA) is 79.3 Å². The van der Waals surface area contributed by atoms with Gasteiger partial charge in [-0.3, -0.25) is 4.79 Å². The van der Waals surface area contributed by atoms with Gasteiger partial charge in [0.15, 0.2) is 5.69 Å². The summed E-state index contributed by atoms with van der Waals surface area (Å²) >= 11 is 9.18. The van der Waals surface area contributed by atoms with E-state index < -0.39 is 5.97 Å². The molecule has 2 rings (SSSR count). The zero-order chi connectivity index (χ0) is 14.9. The molecular formula is C11H8Br2N2O3S2. The minimum atomic E-state index is -1.07. The van der Waals surface area contributed by atoms with Crippen LogP contribution in [-0.4, -0.2) is 22.0 Å². The Morgan fingerprint density at radius 2 is 2.15 bits per heavy atom.